The number of hydrogen-bond acceptors (Lipinski definition) is 0. The van der Waals surface area contributed by atoms with Gasteiger partial charge < -0.3 is 0 Å². The first-order chi connectivity index (χ1) is 10.9. The van der Waals surface area contributed by atoms with E-state index in [1.807, 2.05) is 12.1 Å². The summed E-state index contributed by atoms with van der Waals surface area (Å²) in [5.74, 6) is 0. The molecular formula is C20H21F3. The fourth-order valence-electron chi connectivity index (χ4n) is 3.54. The maximum absolute atomic E-state index is 12.6. The highest BCUT2D eigenvalue weighted by Crippen LogP contribution is 2.39. The Balaban J connectivity index is 1.82. The van der Waals surface area contributed by atoms with Gasteiger partial charge in [-0.1, -0.05) is 62.6 Å². The predicted octanol–water partition coefficient (Wildman–Crippen LogP) is 6.59. The molecule has 2 aromatic carbocycles. The van der Waals surface area contributed by atoms with E-state index < -0.39 is 11.7 Å². The molecule has 122 valence electrons. The highest BCUT2D eigenvalue weighted by molar-refractivity contribution is 5.64. The fourth-order valence-corrected chi connectivity index (χ4v) is 3.54. The minimum absolute atomic E-state index is 0.247. The Morgan fingerprint density at radius 3 is 1.70 bits per heavy atom. The number of halogens is 3. The van der Waals surface area contributed by atoms with E-state index in [0.717, 1.165) is 23.3 Å². The van der Waals surface area contributed by atoms with Crippen LogP contribution in [0.25, 0.3) is 11.1 Å². The molecule has 0 heterocycles. The summed E-state index contributed by atoms with van der Waals surface area (Å²) in [7, 11) is 0. The second-order valence-electron chi connectivity index (χ2n) is 6.77. The maximum atomic E-state index is 12.6. The van der Waals surface area contributed by atoms with E-state index >= 15 is 0 Å². The van der Waals surface area contributed by atoms with Crippen LogP contribution in [0.5, 0.6) is 0 Å². The summed E-state index contributed by atoms with van der Waals surface area (Å²) < 4.78 is 37.9. The van der Waals surface area contributed by atoms with E-state index in [-0.39, 0.29) is 5.41 Å². The van der Waals surface area contributed by atoms with Crippen molar-refractivity contribution in [3.8, 4) is 11.1 Å². The number of benzene rings is 2. The third-order valence-electron chi connectivity index (χ3n) is 5.08. The minimum Gasteiger partial charge on any atom is -0.166 e. The molecular weight excluding hydrogens is 297 g/mol. The van der Waals surface area contributed by atoms with Crippen molar-refractivity contribution in [1.29, 1.82) is 0 Å². The average Bonchev–Trinajstić information content (AvgIpc) is 2.55. The van der Waals surface area contributed by atoms with Crippen molar-refractivity contribution in [3.05, 3.63) is 59.7 Å². The summed E-state index contributed by atoms with van der Waals surface area (Å²) in [6.45, 7) is 2.32. The van der Waals surface area contributed by atoms with E-state index in [9.17, 15) is 13.2 Å². The Bertz CT molecular complexity index is 645. The Morgan fingerprint density at radius 1 is 0.739 bits per heavy atom. The fraction of sp³-hybridized carbons (Fsp3) is 0.400. The second-order valence-corrected chi connectivity index (χ2v) is 6.77. The summed E-state index contributed by atoms with van der Waals surface area (Å²) in [6.07, 6.45) is 2.02. The van der Waals surface area contributed by atoms with Gasteiger partial charge in [0.2, 0.25) is 0 Å². The molecule has 0 aromatic heterocycles. The van der Waals surface area contributed by atoms with E-state index in [2.05, 4.69) is 19.1 Å². The lowest BCUT2D eigenvalue weighted by Crippen LogP contribution is -2.24. The Labute approximate surface area is 135 Å². The van der Waals surface area contributed by atoms with Crippen LogP contribution >= 0.6 is 0 Å². The summed E-state index contributed by atoms with van der Waals surface area (Å²) in [5, 5.41) is 0. The van der Waals surface area contributed by atoms with E-state index in [1.165, 1.54) is 37.7 Å². The summed E-state index contributed by atoms with van der Waals surface area (Å²) in [5.41, 5.74) is 2.76. The third kappa shape index (κ3) is 3.44. The molecule has 1 saturated carbocycles. The van der Waals surface area contributed by atoms with Crippen molar-refractivity contribution in [2.75, 3.05) is 0 Å². The van der Waals surface area contributed by atoms with Crippen LogP contribution < -0.4 is 0 Å². The van der Waals surface area contributed by atoms with Gasteiger partial charge in [0, 0.05) is 0 Å². The SMILES string of the molecule is CC1(c2ccc(-c3ccc(C(F)(F)F)cc3)cc2)CCCCC1. The van der Waals surface area contributed by atoms with Gasteiger partial charge in [0.25, 0.3) is 0 Å². The molecule has 0 atom stereocenters. The standard InChI is InChI=1S/C20H21F3/c1-19(13-3-2-4-14-19)17-9-5-15(6-10-17)16-7-11-18(12-8-16)20(21,22)23/h5-12H,2-4,13-14H2,1H3. The topological polar surface area (TPSA) is 0 Å². The summed E-state index contributed by atoms with van der Waals surface area (Å²) in [4.78, 5) is 0. The van der Waals surface area contributed by atoms with Gasteiger partial charge in [0.1, 0.15) is 0 Å². The summed E-state index contributed by atoms with van der Waals surface area (Å²) >= 11 is 0. The van der Waals surface area contributed by atoms with Crippen LogP contribution in [-0.2, 0) is 11.6 Å². The molecule has 0 spiro atoms. The highest BCUT2D eigenvalue weighted by Gasteiger charge is 2.30. The number of hydrogen-bond donors (Lipinski definition) is 0. The zero-order valence-electron chi connectivity index (χ0n) is 13.3. The van der Waals surface area contributed by atoms with E-state index in [4.69, 9.17) is 0 Å². The molecule has 1 fully saturated rings. The van der Waals surface area contributed by atoms with E-state index in [1.54, 1.807) is 12.1 Å². The molecule has 0 bridgehead atoms. The van der Waals surface area contributed by atoms with Gasteiger partial charge in [0.05, 0.1) is 5.56 Å². The lowest BCUT2D eigenvalue weighted by atomic mass is 9.71. The van der Waals surface area contributed by atoms with Crippen molar-refractivity contribution in [1.82, 2.24) is 0 Å². The van der Waals surface area contributed by atoms with Crippen molar-refractivity contribution < 1.29 is 13.2 Å². The van der Waals surface area contributed by atoms with Gasteiger partial charge in [-0.2, -0.15) is 13.2 Å². The predicted molar refractivity (Wildman–Crippen MR) is 87.3 cm³/mol. The van der Waals surface area contributed by atoms with Gasteiger partial charge in [-0.25, -0.2) is 0 Å². The lowest BCUT2D eigenvalue weighted by molar-refractivity contribution is -0.137. The Kier molecular flexibility index (Phi) is 4.22. The molecule has 3 heteroatoms. The van der Waals surface area contributed by atoms with Crippen LogP contribution in [-0.4, -0.2) is 0 Å². The zero-order valence-corrected chi connectivity index (χ0v) is 13.3. The van der Waals surface area contributed by atoms with Crippen molar-refractivity contribution in [2.24, 2.45) is 0 Å². The zero-order chi connectivity index (χ0) is 16.5. The number of rotatable bonds is 2. The monoisotopic (exact) mass is 318 g/mol. The van der Waals surface area contributed by atoms with Crippen molar-refractivity contribution in [2.45, 2.75) is 50.6 Å². The van der Waals surface area contributed by atoms with Gasteiger partial charge in [-0.3, -0.25) is 0 Å². The van der Waals surface area contributed by atoms with Crippen LogP contribution in [0.3, 0.4) is 0 Å². The smallest absolute Gasteiger partial charge is 0.166 e. The maximum Gasteiger partial charge on any atom is 0.416 e. The summed E-state index contributed by atoms with van der Waals surface area (Å²) in [6, 6.07) is 13.7. The molecule has 0 radical (unpaired) electrons. The minimum atomic E-state index is -4.28. The Morgan fingerprint density at radius 2 is 1.22 bits per heavy atom. The van der Waals surface area contributed by atoms with Crippen LogP contribution in [0, 0.1) is 0 Å². The molecule has 0 aliphatic heterocycles. The molecule has 0 unspecified atom stereocenters. The quantitative estimate of drug-likeness (QED) is 0.585. The molecule has 0 nitrogen and oxygen atoms in total. The second kappa shape index (κ2) is 6.03. The van der Waals surface area contributed by atoms with Gasteiger partial charge >= 0.3 is 6.18 Å². The first kappa shape index (κ1) is 16.1. The van der Waals surface area contributed by atoms with Crippen molar-refractivity contribution >= 4 is 0 Å². The van der Waals surface area contributed by atoms with Crippen LogP contribution in [0.2, 0.25) is 0 Å². The normalized spacial score (nSPS) is 17.9. The molecule has 23 heavy (non-hydrogen) atoms. The molecule has 1 aliphatic carbocycles. The first-order valence-corrected chi connectivity index (χ1v) is 8.17. The molecule has 2 aromatic rings. The largest absolute Gasteiger partial charge is 0.416 e. The van der Waals surface area contributed by atoms with Crippen molar-refractivity contribution in [3.63, 3.8) is 0 Å². The van der Waals surface area contributed by atoms with Gasteiger partial charge in [-0.15, -0.1) is 0 Å². The van der Waals surface area contributed by atoms with Crippen LogP contribution in [0.15, 0.2) is 48.5 Å². The van der Waals surface area contributed by atoms with Gasteiger partial charge in [0.15, 0.2) is 0 Å². The van der Waals surface area contributed by atoms with E-state index in [0.29, 0.717) is 0 Å². The molecule has 0 amide bonds. The first-order valence-electron chi connectivity index (χ1n) is 8.17. The van der Waals surface area contributed by atoms with Crippen LogP contribution in [0.4, 0.5) is 13.2 Å². The Hall–Kier alpha value is -1.77. The lowest BCUT2D eigenvalue weighted by Gasteiger charge is -2.34. The molecule has 0 saturated heterocycles. The third-order valence-corrected chi connectivity index (χ3v) is 5.08. The molecule has 1 aliphatic rings. The average molecular weight is 318 g/mol. The number of alkyl halides is 3. The van der Waals surface area contributed by atoms with Gasteiger partial charge in [-0.05, 0) is 47.1 Å². The molecule has 0 N–H and O–H groups in total. The van der Waals surface area contributed by atoms with Crippen LogP contribution in [0.1, 0.15) is 50.2 Å². The highest BCUT2D eigenvalue weighted by atomic mass is 19.4. The molecule has 3 rings (SSSR count).